The number of hydrogen-bond donors (Lipinski definition) is 1. The Kier molecular flexibility index (Phi) is 5.09. The maximum Gasteiger partial charge on any atom is 0.426 e. The van der Waals surface area contributed by atoms with Gasteiger partial charge in [0.15, 0.2) is 11.5 Å². The van der Waals surface area contributed by atoms with Crippen molar-refractivity contribution in [1.29, 1.82) is 0 Å². The zero-order valence-corrected chi connectivity index (χ0v) is 14.8. The van der Waals surface area contributed by atoms with Gasteiger partial charge in [0.05, 0.1) is 12.1 Å². The van der Waals surface area contributed by atoms with Crippen LogP contribution in [-0.4, -0.2) is 29.0 Å². The Labute approximate surface area is 140 Å². The normalized spacial score (nSPS) is 14.9. The SMILES string of the molecule is CC(C)C(=O)NSN(C)C(=O)Oc1cccc2c1OC(C)(C)C2. The van der Waals surface area contributed by atoms with Gasteiger partial charge in [-0.05, 0) is 19.9 Å². The molecule has 2 rings (SSSR count). The van der Waals surface area contributed by atoms with Crippen LogP contribution >= 0.6 is 12.1 Å². The average molecular weight is 338 g/mol. The van der Waals surface area contributed by atoms with Crippen LogP contribution in [0.4, 0.5) is 4.79 Å². The maximum absolute atomic E-state index is 12.1. The fourth-order valence-electron chi connectivity index (χ4n) is 2.09. The zero-order chi connectivity index (χ0) is 17.2. The van der Waals surface area contributed by atoms with Crippen molar-refractivity contribution in [2.24, 2.45) is 5.92 Å². The van der Waals surface area contributed by atoms with Crippen molar-refractivity contribution in [2.75, 3.05) is 7.05 Å². The molecular weight excluding hydrogens is 316 g/mol. The number of carbonyl (C=O) groups excluding carboxylic acids is 2. The number of benzene rings is 1. The summed E-state index contributed by atoms with van der Waals surface area (Å²) in [6, 6.07) is 5.49. The highest BCUT2D eigenvalue weighted by Gasteiger charge is 2.33. The van der Waals surface area contributed by atoms with Crippen LogP contribution in [0.3, 0.4) is 0 Å². The van der Waals surface area contributed by atoms with E-state index in [0.717, 1.165) is 24.1 Å². The Balaban J connectivity index is 1.99. The quantitative estimate of drug-likeness (QED) is 0.854. The lowest BCUT2D eigenvalue weighted by Gasteiger charge is -2.19. The van der Waals surface area contributed by atoms with Gasteiger partial charge in [0.2, 0.25) is 5.91 Å². The summed E-state index contributed by atoms with van der Waals surface area (Å²) in [5.74, 6) is 0.691. The van der Waals surface area contributed by atoms with Crippen molar-refractivity contribution in [3.05, 3.63) is 23.8 Å². The van der Waals surface area contributed by atoms with Gasteiger partial charge in [0.1, 0.15) is 5.60 Å². The average Bonchev–Trinajstić information content (AvgIpc) is 2.79. The van der Waals surface area contributed by atoms with Crippen LogP contribution in [0.1, 0.15) is 33.3 Å². The van der Waals surface area contributed by atoms with Crippen LogP contribution in [0.2, 0.25) is 0 Å². The molecule has 2 amide bonds. The highest BCUT2D eigenvalue weighted by atomic mass is 32.2. The summed E-state index contributed by atoms with van der Waals surface area (Å²) in [4.78, 5) is 23.7. The molecule has 0 saturated heterocycles. The largest absolute Gasteiger partial charge is 0.483 e. The molecule has 1 aliphatic heterocycles. The lowest BCUT2D eigenvalue weighted by Crippen LogP contribution is -2.31. The number of fused-ring (bicyclic) bond motifs is 1. The van der Waals surface area contributed by atoms with Gasteiger partial charge in [-0.15, -0.1) is 0 Å². The number of hydrogen-bond acceptors (Lipinski definition) is 5. The first-order chi connectivity index (χ1) is 10.7. The van der Waals surface area contributed by atoms with Crippen molar-refractivity contribution in [3.8, 4) is 11.5 Å². The molecular formula is C16H22N2O4S. The Morgan fingerprint density at radius 1 is 1.39 bits per heavy atom. The first-order valence-electron chi connectivity index (χ1n) is 7.43. The van der Waals surface area contributed by atoms with Crippen molar-refractivity contribution in [1.82, 2.24) is 9.03 Å². The second-order valence-electron chi connectivity index (χ2n) is 6.36. The third-order valence-electron chi connectivity index (χ3n) is 3.32. The number of amides is 2. The van der Waals surface area contributed by atoms with Crippen LogP contribution in [0.25, 0.3) is 0 Å². The molecule has 23 heavy (non-hydrogen) atoms. The Bertz CT molecular complexity index is 616. The fraction of sp³-hybridized carbons (Fsp3) is 0.500. The lowest BCUT2D eigenvalue weighted by molar-refractivity contribution is -0.122. The lowest BCUT2D eigenvalue weighted by atomic mass is 10.0. The molecule has 0 aliphatic carbocycles. The smallest absolute Gasteiger partial charge is 0.426 e. The molecule has 1 aromatic rings. The maximum atomic E-state index is 12.1. The molecule has 1 heterocycles. The van der Waals surface area contributed by atoms with Crippen LogP contribution in [0.15, 0.2) is 18.2 Å². The predicted octanol–water partition coefficient (Wildman–Crippen LogP) is 3.17. The molecule has 0 spiro atoms. The van der Waals surface area contributed by atoms with E-state index in [1.165, 1.54) is 11.4 Å². The summed E-state index contributed by atoms with van der Waals surface area (Å²) in [5, 5.41) is 0. The number of para-hydroxylation sites is 1. The van der Waals surface area contributed by atoms with Crippen LogP contribution in [-0.2, 0) is 11.2 Å². The van der Waals surface area contributed by atoms with Crippen molar-refractivity contribution in [2.45, 2.75) is 39.7 Å². The van der Waals surface area contributed by atoms with Gasteiger partial charge in [-0.2, -0.15) is 0 Å². The molecule has 0 radical (unpaired) electrons. The van der Waals surface area contributed by atoms with Crippen molar-refractivity contribution < 1.29 is 19.1 Å². The molecule has 1 aromatic carbocycles. The second-order valence-corrected chi connectivity index (χ2v) is 7.30. The minimum atomic E-state index is -0.583. The molecule has 0 aromatic heterocycles. The molecule has 7 heteroatoms. The second kappa shape index (κ2) is 6.70. The van der Waals surface area contributed by atoms with Gasteiger partial charge in [-0.25, -0.2) is 9.10 Å². The number of nitrogens with one attached hydrogen (secondary N) is 1. The first kappa shape index (κ1) is 17.5. The Hall–Kier alpha value is -1.89. The first-order valence-corrected chi connectivity index (χ1v) is 8.20. The van der Waals surface area contributed by atoms with Gasteiger partial charge >= 0.3 is 6.09 Å². The fourth-order valence-corrected chi connectivity index (χ4v) is 2.67. The summed E-state index contributed by atoms with van der Waals surface area (Å²) in [6.07, 6.45) is 0.184. The third-order valence-corrected chi connectivity index (χ3v) is 4.03. The summed E-state index contributed by atoms with van der Waals surface area (Å²) < 4.78 is 15.1. The summed E-state index contributed by atoms with van der Waals surface area (Å²) in [5.41, 5.74) is 0.709. The summed E-state index contributed by atoms with van der Waals surface area (Å²) >= 11 is 0.892. The van der Waals surface area contributed by atoms with Crippen LogP contribution in [0, 0.1) is 5.92 Å². The summed E-state index contributed by atoms with van der Waals surface area (Å²) in [7, 11) is 1.53. The van der Waals surface area contributed by atoms with Gasteiger partial charge in [-0.1, -0.05) is 26.0 Å². The Morgan fingerprint density at radius 3 is 2.74 bits per heavy atom. The Morgan fingerprint density at radius 2 is 2.09 bits per heavy atom. The van der Waals surface area contributed by atoms with Crippen molar-refractivity contribution >= 4 is 24.1 Å². The molecule has 0 atom stereocenters. The van der Waals surface area contributed by atoms with E-state index in [4.69, 9.17) is 9.47 Å². The molecule has 0 bridgehead atoms. The van der Waals surface area contributed by atoms with Crippen LogP contribution in [0.5, 0.6) is 11.5 Å². The standard InChI is InChI=1S/C16H22N2O4S/c1-10(2)14(19)17-23-18(5)15(20)21-12-8-6-7-11-9-16(3,4)22-13(11)12/h6-8,10H,9H2,1-5H3,(H,17,19). The highest BCUT2D eigenvalue weighted by molar-refractivity contribution is 7.96. The van der Waals surface area contributed by atoms with Crippen LogP contribution < -0.4 is 14.2 Å². The molecule has 0 fully saturated rings. The van der Waals surface area contributed by atoms with E-state index < -0.39 is 6.09 Å². The number of ether oxygens (including phenoxy) is 2. The van der Waals surface area contributed by atoms with E-state index in [0.29, 0.717) is 11.5 Å². The van der Waals surface area contributed by atoms with Gasteiger partial charge in [0.25, 0.3) is 0 Å². The number of nitrogens with zero attached hydrogens (tertiary/aromatic N) is 1. The minimum absolute atomic E-state index is 0.152. The molecule has 126 valence electrons. The molecule has 1 aliphatic rings. The van der Waals surface area contributed by atoms with E-state index in [2.05, 4.69) is 4.72 Å². The minimum Gasteiger partial charge on any atom is -0.483 e. The summed E-state index contributed by atoms with van der Waals surface area (Å²) in [6.45, 7) is 7.53. The molecule has 6 nitrogen and oxygen atoms in total. The van der Waals surface area contributed by atoms with Gasteiger partial charge in [-0.3, -0.25) is 9.52 Å². The van der Waals surface area contributed by atoms with E-state index in [-0.39, 0.29) is 17.4 Å². The highest BCUT2D eigenvalue weighted by Crippen LogP contribution is 2.41. The number of carbonyl (C=O) groups is 2. The number of rotatable bonds is 4. The predicted molar refractivity (Wildman–Crippen MR) is 89.2 cm³/mol. The van der Waals surface area contributed by atoms with Crippen molar-refractivity contribution in [3.63, 3.8) is 0 Å². The zero-order valence-electron chi connectivity index (χ0n) is 14.0. The van der Waals surface area contributed by atoms with E-state index in [9.17, 15) is 9.59 Å². The van der Waals surface area contributed by atoms with Gasteiger partial charge in [0, 0.05) is 24.9 Å². The molecule has 1 N–H and O–H groups in total. The van der Waals surface area contributed by atoms with Gasteiger partial charge < -0.3 is 9.47 Å². The van der Waals surface area contributed by atoms with E-state index >= 15 is 0 Å². The monoisotopic (exact) mass is 338 g/mol. The molecule has 0 saturated carbocycles. The topological polar surface area (TPSA) is 67.9 Å². The third kappa shape index (κ3) is 4.31. The molecule has 0 unspecified atom stereocenters. The van der Waals surface area contributed by atoms with E-state index in [1.807, 2.05) is 26.0 Å². The van der Waals surface area contributed by atoms with E-state index in [1.54, 1.807) is 19.9 Å².